The molecule has 0 aliphatic heterocycles. The molecular formula is C27H21N3O4. The van der Waals surface area contributed by atoms with Gasteiger partial charge in [-0.3, -0.25) is 9.59 Å². The van der Waals surface area contributed by atoms with E-state index in [-0.39, 0.29) is 0 Å². The summed E-state index contributed by atoms with van der Waals surface area (Å²) < 4.78 is 5.50. The number of fused-ring (bicyclic) bond motifs is 1. The summed E-state index contributed by atoms with van der Waals surface area (Å²) in [6.45, 7) is 1.93. The molecule has 4 rings (SSSR count). The Kier molecular flexibility index (Phi) is 6.74. The molecule has 0 saturated carbocycles. The predicted molar refractivity (Wildman–Crippen MR) is 131 cm³/mol. The van der Waals surface area contributed by atoms with Crippen molar-refractivity contribution in [3.05, 3.63) is 108 Å². The van der Waals surface area contributed by atoms with Crippen LogP contribution in [0.15, 0.2) is 96.1 Å². The third kappa shape index (κ3) is 5.52. The van der Waals surface area contributed by atoms with Gasteiger partial charge in [-0.2, -0.15) is 5.10 Å². The number of ether oxygens (including phenoxy) is 1. The van der Waals surface area contributed by atoms with E-state index >= 15 is 0 Å². The van der Waals surface area contributed by atoms with Crippen LogP contribution in [0.3, 0.4) is 0 Å². The van der Waals surface area contributed by atoms with Crippen LogP contribution < -0.4 is 15.5 Å². The molecule has 0 aliphatic rings. The zero-order chi connectivity index (χ0) is 23.9. The number of benzene rings is 4. The highest BCUT2D eigenvalue weighted by molar-refractivity contribution is 6.39. The molecule has 0 aliphatic carbocycles. The first kappa shape index (κ1) is 22.4. The van der Waals surface area contributed by atoms with Gasteiger partial charge >= 0.3 is 17.8 Å². The number of amides is 2. The second-order valence-electron chi connectivity index (χ2n) is 7.50. The molecule has 4 aromatic carbocycles. The molecule has 0 atom stereocenters. The number of anilines is 1. The molecule has 2 N–H and O–H groups in total. The first-order valence-corrected chi connectivity index (χ1v) is 10.5. The Labute approximate surface area is 196 Å². The number of hydrazone groups is 1. The Balaban J connectivity index is 1.32. The zero-order valence-electron chi connectivity index (χ0n) is 18.3. The molecule has 4 aromatic rings. The van der Waals surface area contributed by atoms with Gasteiger partial charge in [0.2, 0.25) is 0 Å². The van der Waals surface area contributed by atoms with Crippen molar-refractivity contribution in [2.75, 3.05) is 5.32 Å². The highest BCUT2D eigenvalue weighted by Gasteiger charge is 2.13. The van der Waals surface area contributed by atoms with E-state index in [0.717, 1.165) is 16.3 Å². The van der Waals surface area contributed by atoms with Gasteiger partial charge in [-0.15, -0.1) is 0 Å². The van der Waals surface area contributed by atoms with E-state index in [1.54, 1.807) is 42.5 Å². The molecule has 0 heterocycles. The summed E-state index contributed by atoms with van der Waals surface area (Å²) in [7, 11) is 0. The number of aryl methyl sites for hydroxylation is 1. The second-order valence-corrected chi connectivity index (χ2v) is 7.50. The maximum Gasteiger partial charge on any atom is 0.344 e. The summed E-state index contributed by atoms with van der Waals surface area (Å²) >= 11 is 0. The van der Waals surface area contributed by atoms with Crippen molar-refractivity contribution in [1.29, 1.82) is 0 Å². The molecule has 0 unspecified atom stereocenters. The van der Waals surface area contributed by atoms with E-state index in [4.69, 9.17) is 4.74 Å². The predicted octanol–water partition coefficient (Wildman–Crippen LogP) is 4.46. The lowest BCUT2D eigenvalue weighted by molar-refractivity contribution is -0.136. The fourth-order valence-electron chi connectivity index (χ4n) is 3.23. The van der Waals surface area contributed by atoms with Crippen LogP contribution in [0.2, 0.25) is 0 Å². The monoisotopic (exact) mass is 451 g/mol. The third-order valence-corrected chi connectivity index (χ3v) is 5.00. The van der Waals surface area contributed by atoms with Crippen LogP contribution in [-0.2, 0) is 9.59 Å². The zero-order valence-corrected chi connectivity index (χ0v) is 18.3. The van der Waals surface area contributed by atoms with Crippen LogP contribution in [-0.4, -0.2) is 24.0 Å². The minimum absolute atomic E-state index is 0.372. The summed E-state index contributed by atoms with van der Waals surface area (Å²) in [5, 5.41) is 8.07. The quantitative estimate of drug-likeness (QED) is 0.154. The first-order valence-electron chi connectivity index (χ1n) is 10.5. The first-order chi connectivity index (χ1) is 16.5. The average Bonchev–Trinajstić information content (AvgIpc) is 2.86. The maximum atomic E-state index is 12.6. The SMILES string of the molecule is Cc1ccc(NC(=O)C(=O)N/N=C/c2ccc(OC(=O)c3cccc4ccccc34)cc2)cc1. The summed E-state index contributed by atoms with van der Waals surface area (Å²) in [6.07, 6.45) is 1.38. The lowest BCUT2D eigenvalue weighted by Crippen LogP contribution is -2.32. The van der Waals surface area contributed by atoms with Crippen molar-refractivity contribution in [2.45, 2.75) is 6.92 Å². The number of nitrogens with one attached hydrogen (secondary N) is 2. The van der Waals surface area contributed by atoms with Gasteiger partial charge in [0.1, 0.15) is 5.75 Å². The topological polar surface area (TPSA) is 96.9 Å². The largest absolute Gasteiger partial charge is 0.423 e. The summed E-state index contributed by atoms with van der Waals surface area (Å²) in [5.74, 6) is -1.80. The smallest absolute Gasteiger partial charge is 0.344 e. The van der Waals surface area contributed by atoms with Crippen LogP contribution in [0.5, 0.6) is 5.75 Å². The number of hydrogen-bond acceptors (Lipinski definition) is 5. The van der Waals surface area contributed by atoms with Gasteiger partial charge in [-0.25, -0.2) is 10.2 Å². The van der Waals surface area contributed by atoms with Gasteiger partial charge < -0.3 is 10.1 Å². The number of nitrogens with zero attached hydrogens (tertiary/aromatic N) is 1. The molecule has 0 saturated heterocycles. The molecule has 0 bridgehead atoms. The number of rotatable bonds is 5. The van der Waals surface area contributed by atoms with E-state index in [9.17, 15) is 14.4 Å². The number of esters is 1. The number of hydrogen-bond donors (Lipinski definition) is 2. The lowest BCUT2D eigenvalue weighted by Gasteiger charge is -2.07. The van der Waals surface area contributed by atoms with Crippen LogP contribution in [0.1, 0.15) is 21.5 Å². The highest BCUT2D eigenvalue weighted by atomic mass is 16.5. The Morgan fingerprint density at radius 2 is 1.50 bits per heavy atom. The fraction of sp³-hybridized carbons (Fsp3) is 0.0370. The van der Waals surface area contributed by atoms with Gasteiger partial charge in [0.15, 0.2) is 0 Å². The van der Waals surface area contributed by atoms with E-state index in [1.807, 2.05) is 55.5 Å². The Morgan fingerprint density at radius 3 is 2.26 bits per heavy atom. The van der Waals surface area contributed by atoms with Crippen molar-refractivity contribution >= 4 is 40.5 Å². The summed E-state index contributed by atoms with van der Waals surface area (Å²) in [5.41, 5.74) is 4.87. The third-order valence-electron chi connectivity index (χ3n) is 5.00. The van der Waals surface area contributed by atoms with Crippen molar-refractivity contribution in [3.63, 3.8) is 0 Å². The van der Waals surface area contributed by atoms with Gasteiger partial charge in [0, 0.05) is 5.69 Å². The summed E-state index contributed by atoms with van der Waals surface area (Å²) in [4.78, 5) is 36.5. The van der Waals surface area contributed by atoms with Crippen LogP contribution in [0.4, 0.5) is 5.69 Å². The van der Waals surface area contributed by atoms with Gasteiger partial charge in [0.05, 0.1) is 11.8 Å². The molecule has 0 radical (unpaired) electrons. The van der Waals surface area contributed by atoms with Crippen molar-refractivity contribution in [3.8, 4) is 5.75 Å². The Hall–Kier alpha value is -4.78. The van der Waals surface area contributed by atoms with Gasteiger partial charge in [0.25, 0.3) is 0 Å². The molecule has 7 heteroatoms. The van der Waals surface area contributed by atoms with E-state index < -0.39 is 17.8 Å². The molecule has 0 aromatic heterocycles. The van der Waals surface area contributed by atoms with Crippen LogP contribution in [0, 0.1) is 6.92 Å². The van der Waals surface area contributed by atoms with E-state index in [1.165, 1.54) is 6.21 Å². The Morgan fingerprint density at radius 1 is 0.794 bits per heavy atom. The molecule has 168 valence electrons. The molecule has 34 heavy (non-hydrogen) atoms. The van der Waals surface area contributed by atoms with Crippen molar-refractivity contribution < 1.29 is 19.1 Å². The number of carbonyl (C=O) groups is 3. The second kappa shape index (κ2) is 10.2. The lowest BCUT2D eigenvalue weighted by atomic mass is 10.0. The van der Waals surface area contributed by atoms with Crippen molar-refractivity contribution in [2.24, 2.45) is 5.10 Å². The highest BCUT2D eigenvalue weighted by Crippen LogP contribution is 2.21. The van der Waals surface area contributed by atoms with E-state index in [2.05, 4.69) is 15.8 Å². The van der Waals surface area contributed by atoms with Crippen LogP contribution in [0.25, 0.3) is 10.8 Å². The van der Waals surface area contributed by atoms with E-state index in [0.29, 0.717) is 22.6 Å². The van der Waals surface area contributed by atoms with Gasteiger partial charge in [-0.1, -0.05) is 54.1 Å². The van der Waals surface area contributed by atoms with Gasteiger partial charge in [-0.05, 0) is 65.7 Å². The van der Waals surface area contributed by atoms with Crippen LogP contribution >= 0.6 is 0 Å². The maximum absolute atomic E-state index is 12.6. The minimum atomic E-state index is -0.891. The summed E-state index contributed by atoms with van der Waals surface area (Å²) in [6, 6.07) is 26.7. The molecule has 7 nitrogen and oxygen atoms in total. The fourth-order valence-corrected chi connectivity index (χ4v) is 3.23. The minimum Gasteiger partial charge on any atom is -0.423 e. The molecule has 2 amide bonds. The molecular weight excluding hydrogens is 430 g/mol. The normalized spacial score (nSPS) is 10.7. The Bertz CT molecular complexity index is 1370. The number of carbonyl (C=O) groups excluding carboxylic acids is 3. The average molecular weight is 451 g/mol. The molecule has 0 fully saturated rings. The van der Waals surface area contributed by atoms with Crippen molar-refractivity contribution in [1.82, 2.24) is 5.43 Å². The standard InChI is InChI=1S/C27H21N3O4/c1-18-9-13-21(14-10-18)29-25(31)26(32)30-28-17-19-11-15-22(16-12-19)34-27(33)24-8-4-6-20-5-2-3-7-23(20)24/h2-17H,1H3,(H,29,31)(H,30,32)/b28-17+. The molecule has 0 spiro atoms.